The molecule has 0 aliphatic heterocycles. The van der Waals surface area contributed by atoms with Gasteiger partial charge in [-0.2, -0.15) is 0 Å². The molecule has 5 nitrogen and oxygen atoms in total. The largest absolute Gasteiger partial charge is 0.396 e. The van der Waals surface area contributed by atoms with Crippen LogP contribution in [0.4, 0.5) is 0 Å². The van der Waals surface area contributed by atoms with Crippen molar-refractivity contribution in [2.45, 2.75) is 39.0 Å². The van der Waals surface area contributed by atoms with E-state index in [0.717, 1.165) is 6.54 Å². The van der Waals surface area contributed by atoms with Gasteiger partial charge in [0.05, 0.1) is 19.8 Å². The van der Waals surface area contributed by atoms with Crippen molar-refractivity contribution in [1.82, 2.24) is 10.2 Å². The normalized spacial score (nSPS) is 17.4. The van der Waals surface area contributed by atoms with E-state index < -0.39 is 5.41 Å². The smallest absolute Gasteiger partial charge is 0.234 e. The molecular formula is C15H30N2O3. The maximum Gasteiger partial charge on any atom is 0.234 e. The van der Waals surface area contributed by atoms with Crippen LogP contribution in [-0.2, 0) is 4.79 Å². The van der Waals surface area contributed by atoms with Gasteiger partial charge in [0, 0.05) is 18.5 Å². The molecule has 118 valence electrons. The highest BCUT2D eigenvalue weighted by Crippen LogP contribution is 2.22. The molecule has 0 aromatic heterocycles. The van der Waals surface area contributed by atoms with Crippen molar-refractivity contribution in [3.05, 3.63) is 0 Å². The Morgan fingerprint density at radius 3 is 2.40 bits per heavy atom. The number of amides is 1. The van der Waals surface area contributed by atoms with Crippen LogP contribution in [0, 0.1) is 11.3 Å². The Hall–Kier alpha value is -0.650. The van der Waals surface area contributed by atoms with Crippen molar-refractivity contribution in [3.8, 4) is 0 Å². The summed E-state index contributed by atoms with van der Waals surface area (Å²) in [7, 11) is 1.84. The average molecular weight is 286 g/mol. The molecule has 0 bridgehead atoms. The zero-order valence-electron chi connectivity index (χ0n) is 12.9. The Labute approximate surface area is 122 Å². The number of nitrogens with one attached hydrogen (secondary N) is 1. The first-order chi connectivity index (χ1) is 9.49. The minimum Gasteiger partial charge on any atom is -0.396 e. The summed E-state index contributed by atoms with van der Waals surface area (Å²) >= 11 is 0. The summed E-state index contributed by atoms with van der Waals surface area (Å²) < 4.78 is 0. The highest BCUT2D eigenvalue weighted by atomic mass is 16.3. The Morgan fingerprint density at radius 1 is 1.25 bits per heavy atom. The molecule has 5 heteroatoms. The van der Waals surface area contributed by atoms with Gasteiger partial charge in [0.15, 0.2) is 0 Å². The van der Waals surface area contributed by atoms with Crippen molar-refractivity contribution in [3.63, 3.8) is 0 Å². The van der Waals surface area contributed by atoms with Gasteiger partial charge in [0.1, 0.15) is 0 Å². The summed E-state index contributed by atoms with van der Waals surface area (Å²) in [6.07, 6.45) is 6.35. The first-order valence-corrected chi connectivity index (χ1v) is 7.66. The summed E-state index contributed by atoms with van der Waals surface area (Å²) in [6, 6.07) is 0. The van der Waals surface area contributed by atoms with Crippen molar-refractivity contribution in [1.29, 1.82) is 0 Å². The third-order valence-electron chi connectivity index (χ3n) is 4.14. The molecule has 1 rings (SSSR count). The van der Waals surface area contributed by atoms with Gasteiger partial charge in [-0.15, -0.1) is 0 Å². The fourth-order valence-electron chi connectivity index (χ4n) is 2.81. The second-order valence-electron chi connectivity index (χ2n) is 6.61. The summed E-state index contributed by atoms with van der Waals surface area (Å²) in [6.45, 7) is 3.22. The Bertz CT molecular complexity index is 287. The molecule has 0 heterocycles. The van der Waals surface area contributed by atoms with E-state index in [0.29, 0.717) is 19.0 Å². The highest BCUT2D eigenvalue weighted by Gasteiger charge is 2.25. The van der Waals surface area contributed by atoms with Gasteiger partial charge >= 0.3 is 0 Å². The molecule has 1 aliphatic carbocycles. The number of nitrogens with zero attached hydrogens (tertiary/aromatic N) is 1. The molecule has 1 aliphatic rings. The molecule has 0 atom stereocenters. The van der Waals surface area contributed by atoms with Crippen LogP contribution in [0.15, 0.2) is 0 Å². The Kier molecular flexibility index (Phi) is 7.48. The van der Waals surface area contributed by atoms with Crippen LogP contribution >= 0.6 is 0 Å². The lowest BCUT2D eigenvalue weighted by Gasteiger charge is -2.30. The second-order valence-corrected chi connectivity index (χ2v) is 6.61. The minimum absolute atomic E-state index is 0.0244. The van der Waals surface area contributed by atoms with Crippen LogP contribution in [0.25, 0.3) is 0 Å². The standard InChI is InChI=1S/C15H30N2O3/c1-15(11-18,12-19)10-17(2)9-14(20)16-8-13-6-4-3-5-7-13/h13,18-19H,3-12H2,1-2H3,(H,16,20). The van der Waals surface area contributed by atoms with Gasteiger partial charge in [0.2, 0.25) is 5.91 Å². The van der Waals surface area contributed by atoms with E-state index in [2.05, 4.69) is 5.32 Å². The summed E-state index contributed by atoms with van der Waals surface area (Å²) in [5, 5.41) is 21.5. The van der Waals surface area contributed by atoms with E-state index in [1.807, 2.05) is 18.9 Å². The topological polar surface area (TPSA) is 72.8 Å². The number of hydrogen-bond acceptors (Lipinski definition) is 4. The summed E-state index contributed by atoms with van der Waals surface area (Å²) in [4.78, 5) is 13.7. The van der Waals surface area contributed by atoms with Crippen molar-refractivity contribution in [2.24, 2.45) is 11.3 Å². The molecule has 20 heavy (non-hydrogen) atoms. The average Bonchev–Trinajstić information content (AvgIpc) is 2.46. The third kappa shape index (κ3) is 6.20. The molecule has 3 N–H and O–H groups in total. The maximum atomic E-state index is 11.9. The van der Waals surface area contributed by atoms with Crippen molar-refractivity contribution < 1.29 is 15.0 Å². The van der Waals surface area contributed by atoms with Gasteiger partial charge in [-0.3, -0.25) is 9.69 Å². The third-order valence-corrected chi connectivity index (χ3v) is 4.14. The summed E-state index contributed by atoms with van der Waals surface area (Å²) in [5.74, 6) is 0.662. The van der Waals surface area contributed by atoms with Crippen LogP contribution in [0.2, 0.25) is 0 Å². The lowest BCUT2D eigenvalue weighted by Crippen LogP contribution is -2.44. The number of carbonyl (C=O) groups excluding carboxylic acids is 1. The number of likely N-dealkylation sites (N-methyl/N-ethyl adjacent to an activating group) is 1. The molecule has 0 radical (unpaired) electrons. The minimum atomic E-state index is -0.557. The highest BCUT2D eigenvalue weighted by molar-refractivity contribution is 5.77. The monoisotopic (exact) mass is 286 g/mol. The second kappa shape index (κ2) is 8.60. The van der Waals surface area contributed by atoms with E-state index >= 15 is 0 Å². The van der Waals surface area contributed by atoms with Gasteiger partial charge < -0.3 is 15.5 Å². The molecule has 1 saturated carbocycles. The van der Waals surface area contributed by atoms with Crippen LogP contribution in [0.5, 0.6) is 0 Å². The van der Waals surface area contributed by atoms with E-state index in [1.54, 1.807) is 0 Å². The maximum absolute atomic E-state index is 11.9. The molecule has 0 spiro atoms. The first-order valence-electron chi connectivity index (χ1n) is 7.66. The molecule has 0 unspecified atom stereocenters. The quantitative estimate of drug-likeness (QED) is 0.611. The summed E-state index contributed by atoms with van der Waals surface area (Å²) in [5.41, 5.74) is -0.557. The molecular weight excluding hydrogens is 256 g/mol. The van der Waals surface area contributed by atoms with E-state index in [1.165, 1.54) is 32.1 Å². The number of carbonyl (C=O) groups is 1. The number of rotatable bonds is 8. The van der Waals surface area contributed by atoms with Gasteiger partial charge in [-0.1, -0.05) is 26.2 Å². The SMILES string of the molecule is CN(CC(=O)NCC1CCCCC1)CC(C)(CO)CO. The fourth-order valence-corrected chi connectivity index (χ4v) is 2.81. The predicted octanol–water partition coefficient (Wildman–Crippen LogP) is 0.606. The Morgan fingerprint density at radius 2 is 1.85 bits per heavy atom. The van der Waals surface area contributed by atoms with Crippen LogP contribution in [0.1, 0.15) is 39.0 Å². The van der Waals surface area contributed by atoms with Crippen LogP contribution in [-0.4, -0.2) is 60.9 Å². The zero-order valence-corrected chi connectivity index (χ0v) is 12.9. The first kappa shape index (κ1) is 17.4. The van der Waals surface area contributed by atoms with Gasteiger partial charge in [-0.25, -0.2) is 0 Å². The number of aliphatic hydroxyl groups is 2. The molecule has 0 aromatic carbocycles. The lowest BCUT2D eigenvalue weighted by molar-refractivity contribution is -0.122. The predicted molar refractivity (Wildman–Crippen MR) is 79.4 cm³/mol. The lowest BCUT2D eigenvalue weighted by atomic mass is 9.89. The zero-order chi connectivity index (χ0) is 15.0. The fraction of sp³-hybridized carbons (Fsp3) is 0.933. The number of aliphatic hydroxyl groups excluding tert-OH is 2. The van der Waals surface area contributed by atoms with Gasteiger partial charge in [0.25, 0.3) is 0 Å². The Balaban J connectivity index is 2.23. The van der Waals surface area contributed by atoms with Crippen LogP contribution in [0.3, 0.4) is 0 Å². The van der Waals surface area contributed by atoms with E-state index in [4.69, 9.17) is 0 Å². The van der Waals surface area contributed by atoms with Crippen LogP contribution < -0.4 is 5.32 Å². The van der Waals surface area contributed by atoms with E-state index in [9.17, 15) is 15.0 Å². The van der Waals surface area contributed by atoms with Gasteiger partial charge in [-0.05, 0) is 25.8 Å². The number of hydrogen-bond donors (Lipinski definition) is 3. The van der Waals surface area contributed by atoms with Crippen molar-refractivity contribution >= 4 is 5.91 Å². The van der Waals surface area contributed by atoms with Crippen molar-refractivity contribution in [2.75, 3.05) is 39.9 Å². The molecule has 0 saturated heterocycles. The molecule has 1 amide bonds. The molecule has 0 aromatic rings. The van der Waals surface area contributed by atoms with E-state index in [-0.39, 0.29) is 19.1 Å². The molecule has 1 fully saturated rings.